The highest BCUT2D eigenvalue weighted by Crippen LogP contribution is 2.38. The number of ether oxygens (including phenoxy) is 2. The predicted molar refractivity (Wildman–Crippen MR) is 106 cm³/mol. The van der Waals surface area contributed by atoms with E-state index >= 15 is 0 Å². The molecule has 0 unspecified atom stereocenters. The van der Waals surface area contributed by atoms with Crippen molar-refractivity contribution in [1.82, 2.24) is 0 Å². The lowest BCUT2D eigenvalue weighted by Gasteiger charge is -2.14. The molecule has 0 aliphatic carbocycles. The van der Waals surface area contributed by atoms with Crippen LogP contribution in [0.25, 0.3) is 0 Å². The van der Waals surface area contributed by atoms with Gasteiger partial charge in [-0.1, -0.05) is 12.1 Å². The summed E-state index contributed by atoms with van der Waals surface area (Å²) >= 11 is 0. The number of aromatic carboxylic acids is 1. The van der Waals surface area contributed by atoms with Gasteiger partial charge in [0.2, 0.25) is 16.6 Å². The Morgan fingerprint density at radius 3 is 2.19 bits per heavy atom. The fraction of sp³-hybridized carbons (Fsp3) is 0.0455. The zero-order chi connectivity index (χ0) is 22.6. The number of hydrogen-bond acceptors (Lipinski definition) is 8. The number of amides is 2. The van der Waals surface area contributed by atoms with E-state index in [1.807, 2.05) is 0 Å². The number of carbonyl (C=O) groups is 3. The normalized spacial score (nSPS) is 14.6. The summed E-state index contributed by atoms with van der Waals surface area (Å²) in [6, 6.07) is 12.8. The summed E-state index contributed by atoms with van der Waals surface area (Å²) in [6.45, 7) is 0.0338. The van der Waals surface area contributed by atoms with Crippen LogP contribution in [-0.4, -0.2) is 33.0 Å². The van der Waals surface area contributed by atoms with Crippen LogP contribution < -0.4 is 19.5 Å². The van der Waals surface area contributed by atoms with E-state index in [1.54, 1.807) is 6.07 Å². The van der Waals surface area contributed by atoms with Crippen molar-refractivity contribution in [2.75, 3.05) is 11.7 Å². The number of sulfone groups is 1. The van der Waals surface area contributed by atoms with Gasteiger partial charge in [0.05, 0.1) is 32.6 Å². The van der Waals surface area contributed by atoms with Crippen LogP contribution in [0.15, 0.2) is 70.5 Å². The van der Waals surface area contributed by atoms with Crippen LogP contribution in [0.2, 0.25) is 0 Å². The molecule has 3 aromatic carbocycles. The lowest BCUT2D eigenvalue weighted by Crippen LogP contribution is -2.29. The number of hydrogen-bond donors (Lipinski definition) is 0. The maximum Gasteiger partial charge on any atom is 0.266 e. The Hall–Kier alpha value is -4.18. The van der Waals surface area contributed by atoms with Crippen molar-refractivity contribution in [3.8, 4) is 11.5 Å². The van der Waals surface area contributed by atoms with Gasteiger partial charge in [-0.15, -0.1) is 0 Å². The summed E-state index contributed by atoms with van der Waals surface area (Å²) < 4.78 is 36.5. The van der Waals surface area contributed by atoms with E-state index in [1.165, 1.54) is 24.3 Å². The molecule has 0 saturated carbocycles. The number of imide groups is 1. The number of carboxylic acid groups (broad SMARTS) is 1. The number of fused-ring (bicyclic) bond motifs is 2. The molecule has 160 valence electrons. The molecule has 2 amide bonds. The number of carboxylic acids is 1. The molecule has 3 aromatic rings. The van der Waals surface area contributed by atoms with Gasteiger partial charge in [0.1, 0.15) is 0 Å². The maximum atomic E-state index is 13.0. The Kier molecular flexibility index (Phi) is 4.28. The fourth-order valence-electron chi connectivity index (χ4n) is 3.55. The molecule has 2 heterocycles. The van der Waals surface area contributed by atoms with Crippen molar-refractivity contribution in [2.45, 2.75) is 9.79 Å². The van der Waals surface area contributed by atoms with E-state index in [9.17, 15) is 27.9 Å². The number of anilines is 1. The second kappa shape index (κ2) is 6.92. The number of carbonyl (C=O) groups excluding carboxylic acids is 3. The average Bonchev–Trinajstić information content (AvgIpc) is 3.35. The molecule has 0 atom stereocenters. The minimum Gasteiger partial charge on any atom is -0.545 e. The Morgan fingerprint density at radius 1 is 0.812 bits per heavy atom. The molecule has 2 aliphatic rings. The van der Waals surface area contributed by atoms with Gasteiger partial charge in [-0.3, -0.25) is 9.59 Å². The zero-order valence-electron chi connectivity index (χ0n) is 16.1. The molecular weight excluding hydrogens is 438 g/mol. The van der Waals surface area contributed by atoms with E-state index in [-0.39, 0.29) is 39.0 Å². The molecule has 0 fully saturated rings. The standard InChI is InChI=1S/C22H13NO8S/c24-20-16-7-6-15(32(28,29)14-4-1-12(2-5-14)22(26)27)10-17(16)21(25)23(20)13-3-8-18-19(9-13)31-11-30-18/h1-10H,11H2,(H,26,27)/p-1. The smallest absolute Gasteiger partial charge is 0.266 e. The predicted octanol–water partition coefficient (Wildman–Crippen LogP) is 1.41. The van der Waals surface area contributed by atoms with Gasteiger partial charge in [0.25, 0.3) is 11.8 Å². The van der Waals surface area contributed by atoms with Gasteiger partial charge in [-0.2, -0.15) is 0 Å². The van der Waals surface area contributed by atoms with Gasteiger partial charge in [0, 0.05) is 6.07 Å². The van der Waals surface area contributed by atoms with Crippen molar-refractivity contribution in [3.05, 3.63) is 77.4 Å². The first-order valence-electron chi connectivity index (χ1n) is 9.26. The quantitative estimate of drug-likeness (QED) is 0.546. The third-order valence-corrected chi connectivity index (χ3v) is 6.95. The molecule has 0 radical (unpaired) electrons. The zero-order valence-corrected chi connectivity index (χ0v) is 16.9. The minimum atomic E-state index is -4.07. The summed E-state index contributed by atoms with van der Waals surface area (Å²) in [6.07, 6.45) is 0. The highest BCUT2D eigenvalue weighted by atomic mass is 32.2. The molecule has 0 N–H and O–H groups in total. The van der Waals surface area contributed by atoms with Gasteiger partial charge in [-0.05, 0) is 48.0 Å². The van der Waals surface area contributed by atoms with E-state index in [2.05, 4.69) is 0 Å². The van der Waals surface area contributed by atoms with Crippen molar-refractivity contribution < 1.29 is 37.4 Å². The van der Waals surface area contributed by atoms with Crippen LogP contribution >= 0.6 is 0 Å². The van der Waals surface area contributed by atoms with Crippen molar-refractivity contribution in [1.29, 1.82) is 0 Å². The molecule has 0 aromatic heterocycles. The van der Waals surface area contributed by atoms with Gasteiger partial charge < -0.3 is 19.4 Å². The van der Waals surface area contributed by atoms with E-state index in [0.717, 1.165) is 35.2 Å². The van der Waals surface area contributed by atoms with Crippen LogP contribution in [0.5, 0.6) is 11.5 Å². The lowest BCUT2D eigenvalue weighted by molar-refractivity contribution is -0.255. The van der Waals surface area contributed by atoms with Crippen molar-refractivity contribution in [2.24, 2.45) is 0 Å². The average molecular weight is 450 g/mol. The minimum absolute atomic E-state index is 0.0338. The van der Waals surface area contributed by atoms with E-state index in [0.29, 0.717) is 11.5 Å². The van der Waals surface area contributed by atoms with E-state index < -0.39 is 27.6 Å². The third kappa shape index (κ3) is 2.92. The van der Waals surface area contributed by atoms with Crippen LogP contribution in [0.1, 0.15) is 31.1 Å². The summed E-state index contributed by atoms with van der Waals surface area (Å²) in [5.74, 6) is -1.82. The Balaban J connectivity index is 1.52. The highest BCUT2D eigenvalue weighted by Gasteiger charge is 2.38. The summed E-state index contributed by atoms with van der Waals surface area (Å²) in [4.78, 5) is 37.3. The van der Waals surface area contributed by atoms with Crippen LogP contribution in [0.4, 0.5) is 5.69 Å². The molecule has 0 spiro atoms. The van der Waals surface area contributed by atoms with Crippen LogP contribution in [0.3, 0.4) is 0 Å². The first kappa shape index (κ1) is 19.8. The number of benzene rings is 3. The second-order valence-corrected chi connectivity index (χ2v) is 8.96. The molecule has 10 heteroatoms. The molecular formula is C22H12NO8S-. The molecule has 0 saturated heterocycles. The second-order valence-electron chi connectivity index (χ2n) is 7.01. The first-order valence-corrected chi connectivity index (χ1v) is 10.7. The summed E-state index contributed by atoms with van der Waals surface area (Å²) in [5.41, 5.74) is 0.111. The lowest BCUT2D eigenvalue weighted by atomic mass is 10.1. The first-order chi connectivity index (χ1) is 15.3. The summed E-state index contributed by atoms with van der Waals surface area (Å²) in [5, 5.41) is 10.9. The Labute approximate surface area is 181 Å². The van der Waals surface area contributed by atoms with Crippen molar-refractivity contribution >= 4 is 33.3 Å². The third-order valence-electron chi connectivity index (χ3n) is 5.18. The van der Waals surface area contributed by atoms with Gasteiger partial charge in [-0.25, -0.2) is 13.3 Å². The fourth-order valence-corrected chi connectivity index (χ4v) is 4.84. The molecule has 2 aliphatic heterocycles. The maximum absolute atomic E-state index is 13.0. The van der Waals surface area contributed by atoms with Gasteiger partial charge >= 0.3 is 0 Å². The van der Waals surface area contributed by atoms with Gasteiger partial charge in [0.15, 0.2) is 11.5 Å². The van der Waals surface area contributed by atoms with Crippen molar-refractivity contribution in [3.63, 3.8) is 0 Å². The number of rotatable bonds is 4. The molecule has 0 bridgehead atoms. The SMILES string of the molecule is O=C([O-])c1ccc(S(=O)(=O)c2ccc3c(c2)C(=O)N(c2ccc4c(c2)OCO4)C3=O)cc1. The molecule has 5 rings (SSSR count). The highest BCUT2D eigenvalue weighted by molar-refractivity contribution is 7.91. The number of nitrogens with zero attached hydrogens (tertiary/aromatic N) is 1. The largest absolute Gasteiger partial charge is 0.545 e. The Morgan fingerprint density at radius 2 is 1.47 bits per heavy atom. The topological polar surface area (TPSA) is 130 Å². The monoisotopic (exact) mass is 450 g/mol. The Bertz CT molecular complexity index is 1430. The van der Waals surface area contributed by atoms with Crippen LogP contribution in [-0.2, 0) is 9.84 Å². The molecule has 32 heavy (non-hydrogen) atoms. The van der Waals surface area contributed by atoms with E-state index in [4.69, 9.17) is 9.47 Å². The molecule has 9 nitrogen and oxygen atoms in total. The summed E-state index contributed by atoms with van der Waals surface area (Å²) in [7, 11) is -4.07. The van der Waals surface area contributed by atoms with Crippen LogP contribution in [0, 0.1) is 0 Å².